The minimum Gasteiger partial charge on any atom is -0.491 e. The largest absolute Gasteiger partial charge is 0.491 e. The Bertz CT molecular complexity index is 722. The number of aliphatic hydroxyl groups is 1. The second-order valence-corrected chi connectivity index (χ2v) is 5.19. The highest BCUT2D eigenvalue weighted by Crippen LogP contribution is 2.22. The van der Waals surface area contributed by atoms with Crippen LogP contribution >= 0.6 is 0 Å². The van der Waals surface area contributed by atoms with Crippen LogP contribution in [0.15, 0.2) is 72.8 Å². The van der Waals surface area contributed by atoms with Crippen molar-refractivity contribution in [1.29, 1.82) is 0 Å². The number of nitrogens with one attached hydrogen (secondary N) is 1. The van der Waals surface area contributed by atoms with Crippen molar-refractivity contribution in [2.75, 3.05) is 18.5 Å². The van der Waals surface area contributed by atoms with Gasteiger partial charge in [-0.1, -0.05) is 54.6 Å². The van der Waals surface area contributed by atoms with Gasteiger partial charge in [0.15, 0.2) is 0 Å². The molecule has 0 aliphatic heterocycles. The molecule has 0 saturated heterocycles. The quantitative estimate of drug-likeness (QED) is 0.728. The van der Waals surface area contributed by atoms with Crippen molar-refractivity contribution in [3.63, 3.8) is 0 Å². The standard InChI is InChI=1S/C19H19NO2/c21-16(14-22-17-9-2-1-3-10-17)13-20-19-12-6-8-15-7-4-5-11-18(15)19/h1-12,16,20-21H,13-14H2. The number of anilines is 1. The SMILES string of the molecule is OC(CNc1cccc2ccccc12)COc1ccccc1. The Morgan fingerprint density at radius 3 is 2.45 bits per heavy atom. The number of hydrogen-bond acceptors (Lipinski definition) is 3. The lowest BCUT2D eigenvalue weighted by atomic mass is 10.1. The number of ether oxygens (including phenoxy) is 1. The number of hydrogen-bond donors (Lipinski definition) is 2. The third kappa shape index (κ3) is 3.57. The summed E-state index contributed by atoms with van der Waals surface area (Å²) in [6, 6.07) is 23.8. The molecular weight excluding hydrogens is 274 g/mol. The topological polar surface area (TPSA) is 41.5 Å². The van der Waals surface area contributed by atoms with E-state index in [0.29, 0.717) is 6.54 Å². The summed E-state index contributed by atoms with van der Waals surface area (Å²) in [6.45, 7) is 0.711. The lowest BCUT2D eigenvalue weighted by Crippen LogP contribution is -2.26. The van der Waals surface area contributed by atoms with Crippen molar-refractivity contribution in [1.82, 2.24) is 0 Å². The van der Waals surface area contributed by atoms with Crippen LogP contribution in [0.4, 0.5) is 5.69 Å². The molecule has 2 N–H and O–H groups in total. The predicted molar refractivity (Wildman–Crippen MR) is 90.4 cm³/mol. The van der Waals surface area contributed by atoms with E-state index in [2.05, 4.69) is 23.5 Å². The van der Waals surface area contributed by atoms with E-state index in [9.17, 15) is 5.11 Å². The summed E-state index contributed by atoms with van der Waals surface area (Å²) < 4.78 is 5.55. The van der Waals surface area contributed by atoms with Crippen LogP contribution in [0.25, 0.3) is 10.8 Å². The fraction of sp³-hybridized carbons (Fsp3) is 0.158. The van der Waals surface area contributed by atoms with Crippen molar-refractivity contribution >= 4 is 16.5 Å². The molecular formula is C19H19NO2. The number of rotatable bonds is 6. The number of aliphatic hydroxyl groups excluding tert-OH is 1. The van der Waals surface area contributed by atoms with Gasteiger partial charge in [-0.25, -0.2) is 0 Å². The van der Waals surface area contributed by atoms with Crippen LogP contribution in [0.2, 0.25) is 0 Å². The zero-order chi connectivity index (χ0) is 15.2. The van der Waals surface area contributed by atoms with E-state index in [1.165, 1.54) is 5.39 Å². The highest BCUT2D eigenvalue weighted by molar-refractivity contribution is 5.93. The monoisotopic (exact) mass is 293 g/mol. The second-order valence-electron chi connectivity index (χ2n) is 5.19. The molecule has 22 heavy (non-hydrogen) atoms. The highest BCUT2D eigenvalue weighted by Gasteiger charge is 2.06. The second kappa shape index (κ2) is 6.96. The fourth-order valence-corrected chi connectivity index (χ4v) is 2.38. The van der Waals surface area contributed by atoms with E-state index in [0.717, 1.165) is 16.8 Å². The molecule has 112 valence electrons. The van der Waals surface area contributed by atoms with Gasteiger partial charge in [0, 0.05) is 17.6 Å². The molecule has 1 atom stereocenters. The third-order valence-electron chi connectivity index (χ3n) is 3.50. The summed E-state index contributed by atoms with van der Waals surface area (Å²) in [5, 5.41) is 15.7. The maximum atomic E-state index is 10.1. The Kier molecular flexibility index (Phi) is 4.56. The van der Waals surface area contributed by atoms with Crippen LogP contribution in [0.5, 0.6) is 5.75 Å². The highest BCUT2D eigenvalue weighted by atomic mass is 16.5. The van der Waals surface area contributed by atoms with Gasteiger partial charge < -0.3 is 15.2 Å². The summed E-state index contributed by atoms with van der Waals surface area (Å²) in [7, 11) is 0. The van der Waals surface area contributed by atoms with Gasteiger partial charge in [-0.15, -0.1) is 0 Å². The smallest absolute Gasteiger partial charge is 0.119 e. The molecule has 0 bridgehead atoms. The molecule has 3 nitrogen and oxygen atoms in total. The van der Waals surface area contributed by atoms with Crippen molar-refractivity contribution in [2.45, 2.75) is 6.10 Å². The van der Waals surface area contributed by atoms with Gasteiger partial charge in [0.1, 0.15) is 18.5 Å². The van der Waals surface area contributed by atoms with Crippen molar-refractivity contribution in [2.24, 2.45) is 0 Å². The van der Waals surface area contributed by atoms with Crippen LogP contribution < -0.4 is 10.1 Å². The molecule has 0 amide bonds. The third-order valence-corrected chi connectivity index (χ3v) is 3.50. The minimum atomic E-state index is -0.570. The summed E-state index contributed by atoms with van der Waals surface area (Å²) in [6.07, 6.45) is -0.570. The molecule has 0 heterocycles. The fourth-order valence-electron chi connectivity index (χ4n) is 2.38. The first-order valence-corrected chi connectivity index (χ1v) is 7.40. The first-order chi connectivity index (χ1) is 10.8. The first kappa shape index (κ1) is 14.4. The Morgan fingerprint density at radius 2 is 1.59 bits per heavy atom. The molecule has 0 saturated carbocycles. The van der Waals surface area contributed by atoms with Gasteiger partial charge in [0.25, 0.3) is 0 Å². The van der Waals surface area contributed by atoms with E-state index in [1.54, 1.807) is 0 Å². The van der Waals surface area contributed by atoms with Crippen LogP contribution in [-0.2, 0) is 0 Å². The predicted octanol–water partition coefficient (Wildman–Crippen LogP) is 3.69. The Balaban J connectivity index is 1.57. The number of para-hydroxylation sites is 1. The molecule has 0 spiro atoms. The van der Waals surface area contributed by atoms with E-state index >= 15 is 0 Å². The van der Waals surface area contributed by atoms with Crippen molar-refractivity contribution in [3.05, 3.63) is 72.8 Å². The summed E-state index contributed by atoms with van der Waals surface area (Å²) in [5.41, 5.74) is 1.02. The Labute approximate surface area is 130 Å². The molecule has 3 aromatic carbocycles. The maximum absolute atomic E-state index is 10.1. The van der Waals surface area contributed by atoms with Gasteiger partial charge in [0.2, 0.25) is 0 Å². The molecule has 3 heteroatoms. The van der Waals surface area contributed by atoms with E-state index in [1.807, 2.05) is 54.6 Å². The first-order valence-electron chi connectivity index (χ1n) is 7.40. The van der Waals surface area contributed by atoms with Gasteiger partial charge in [-0.05, 0) is 23.6 Å². The Morgan fingerprint density at radius 1 is 0.864 bits per heavy atom. The van der Waals surface area contributed by atoms with Gasteiger partial charge in [-0.3, -0.25) is 0 Å². The van der Waals surface area contributed by atoms with Crippen LogP contribution in [0, 0.1) is 0 Å². The van der Waals surface area contributed by atoms with Gasteiger partial charge in [0.05, 0.1) is 0 Å². The van der Waals surface area contributed by atoms with Crippen molar-refractivity contribution < 1.29 is 9.84 Å². The van der Waals surface area contributed by atoms with Crippen LogP contribution in [0.3, 0.4) is 0 Å². The molecule has 0 fully saturated rings. The zero-order valence-electron chi connectivity index (χ0n) is 12.3. The molecule has 0 radical (unpaired) electrons. The summed E-state index contributed by atoms with van der Waals surface area (Å²) >= 11 is 0. The molecule has 0 aromatic heterocycles. The molecule has 0 aliphatic rings. The molecule has 3 aromatic rings. The Hall–Kier alpha value is -2.52. The van der Waals surface area contributed by atoms with Crippen LogP contribution in [0.1, 0.15) is 0 Å². The summed E-state index contributed by atoms with van der Waals surface area (Å²) in [5.74, 6) is 0.770. The average Bonchev–Trinajstić information content (AvgIpc) is 2.59. The van der Waals surface area contributed by atoms with E-state index in [-0.39, 0.29) is 6.61 Å². The molecule has 3 rings (SSSR count). The molecule has 0 aliphatic carbocycles. The van der Waals surface area contributed by atoms with E-state index < -0.39 is 6.10 Å². The maximum Gasteiger partial charge on any atom is 0.119 e. The summed E-state index contributed by atoms with van der Waals surface area (Å²) in [4.78, 5) is 0. The minimum absolute atomic E-state index is 0.266. The van der Waals surface area contributed by atoms with Crippen molar-refractivity contribution in [3.8, 4) is 5.75 Å². The van der Waals surface area contributed by atoms with Gasteiger partial charge in [-0.2, -0.15) is 0 Å². The zero-order valence-corrected chi connectivity index (χ0v) is 12.3. The van der Waals surface area contributed by atoms with Crippen LogP contribution in [-0.4, -0.2) is 24.4 Å². The lowest BCUT2D eigenvalue weighted by Gasteiger charge is -2.15. The number of fused-ring (bicyclic) bond motifs is 1. The normalized spacial score (nSPS) is 12.0. The van der Waals surface area contributed by atoms with E-state index in [4.69, 9.17) is 4.74 Å². The average molecular weight is 293 g/mol. The van der Waals surface area contributed by atoms with Gasteiger partial charge >= 0.3 is 0 Å². The lowest BCUT2D eigenvalue weighted by molar-refractivity contribution is 0.117. The number of benzene rings is 3. The molecule has 1 unspecified atom stereocenters.